The van der Waals surface area contributed by atoms with Crippen LogP contribution in [0.4, 0.5) is 5.95 Å². The highest BCUT2D eigenvalue weighted by molar-refractivity contribution is 5.81. The maximum Gasteiger partial charge on any atom is 0.212 e. The van der Waals surface area contributed by atoms with Gasteiger partial charge in [0, 0.05) is 19.3 Å². The van der Waals surface area contributed by atoms with Crippen molar-refractivity contribution in [1.82, 2.24) is 14.5 Å². The molecule has 3 aromatic rings. The number of aromatic nitrogens is 3. The van der Waals surface area contributed by atoms with Gasteiger partial charge in [-0.25, -0.2) is 9.97 Å². The first kappa shape index (κ1) is 14.7. The lowest BCUT2D eigenvalue weighted by atomic mass is 10.1. The van der Waals surface area contributed by atoms with Crippen molar-refractivity contribution in [3.05, 3.63) is 48.2 Å². The van der Waals surface area contributed by atoms with Crippen molar-refractivity contribution in [3.8, 4) is 11.9 Å². The van der Waals surface area contributed by atoms with Crippen molar-refractivity contribution < 1.29 is 5.11 Å². The van der Waals surface area contributed by atoms with E-state index in [1.807, 2.05) is 28.8 Å². The average Bonchev–Trinajstić information content (AvgIpc) is 3.01. The highest BCUT2D eigenvalue weighted by atomic mass is 16.3. The summed E-state index contributed by atoms with van der Waals surface area (Å²) < 4.78 is 1.95. The van der Waals surface area contributed by atoms with Crippen LogP contribution in [0.3, 0.4) is 0 Å². The standard InChI is InChI=1S/C18H17N5O/c19-12-13-4-3-9-20-17(13)23-16-6-2-1-5-15(16)21-18(23)22-10-7-14(24)8-11-22/h1-6,9,14,24H,7-8,10-11H2. The molecular weight excluding hydrogens is 302 g/mol. The molecule has 1 saturated heterocycles. The maximum absolute atomic E-state index is 9.77. The van der Waals surface area contributed by atoms with Gasteiger partial charge in [0.15, 0.2) is 5.82 Å². The number of benzene rings is 1. The van der Waals surface area contributed by atoms with Crippen molar-refractivity contribution in [1.29, 1.82) is 5.26 Å². The lowest BCUT2D eigenvalue weighted by Gasteiger charge is -2.30. The van der Waals surface area contributed by atoms with E-state index in [0.29, 0.717) is 11.4 Å². The highest BCUT2D eigenvalue weighted by Crippen LogP contribution is 2.29. The molecule has 0 saturated carbocycles. The Morgan fingerprint density at radius 2 is 1.92 bits per heavy atom. The molecule has 6 heteroatoms. The Labute approximate surface area is 139 Å². The van der Waals surface area contributed by atoms with Gasteiger partial charge in [0.05, 0.1) is 22.7 Å². The Balaban J connectivity index is 1.93. The van der Waals surface area contributed by atoms with E-state index in [1.54, 1.807) is 18.3 Å². The average molecular weight is 319 g/mol. The molecule has 1 aliphatic rings. The van der Waals surface area contributed by atoms with Crippen molar-refractivity contribution >= 4 is 17.0 Å². The minimum atomic E-state index is -0.247. The number of aliphatic hydroxyl groups is 1. The van der Waals surface area contributed by atoms with Crippen LogP contribution in [0.2, 0.25) is 0 Å². The van der Waals surface area contributed by atoms with Gasteiger partial charge in [-0.3, -0.25) is 4.57 Å². The molecule has 0 unspecified atom stereocenters. The van der Waals surface area contributed by atoms with Crippen LogP contribution in [0.25, 0.3) is 16.9 Å². The molecule has 3 heterocycles. The van der Waals surface area contributed by atoms with Crippen LogP contribution >= 0.6 is 0 Å². The van der Waals surface area contributed by atoms with E-state index in [9.17, 15) is 10.4 Å². The molecule has 0 atom stereocenters. The second kappa shape index (κ2) is 5.95. The fourth-order valence-corrected chi connectivity index (χ4v) is 3.16. The Kier molecular flexibility index (Phi) is 3.63. The smallest absolute Gasteiger partial charge is 0.212 e. The molecule has 24 heavy (non-hydrogen) atoms. The third-order valence-corrected chi connectivity index (χ3v) is 4.41. The van der Waals surface area contributed by atoms with Crippen LogP contribution in [0.15, 0.2) is 42.6 Å². The summed E-state index contributed by atoms with van der Waals surface area (Å²) >= 11 is 0. The van der Waals surface area contributed by atoms with E-state index in [-0.39, 0.29) is 6.10 Å². The number of rotatable bonds is 2. The summed E-state index contributed by atoms with van der Waals surface area (Å²) in [7, 11) is 0. The molecule has 2 aromatic heterocycles. The lowest BCUT2D eigenvalue weighted by molar-refractivity contribution is 0.145. The van der Waals surface area contributed by atoms with Crippen molar-refractivity contribution in [3.63, 3.8) is 0 Å². The van der Waals surface area contributed by atoms with Gasteiger partial charge in [0.2, 0.25) is 5.95 Å². The molecule has 120 valence electrons. The van der Waals surface area contributed by atoms with E-state index >= 15 is 0 Å². The van der Waals surface area contributed by atoms with Crippen LogP contribution in [0, 0.1) is 11.3 Å². The minimum Gasteiger partial charge on any atom is -0.393 e. The summed E-state index contributed by atoms with van der Waals surface area (Å²) in [4.78, 5) is 11.4. The third-order valence-electron chi connectivity index (χ3n) is 4.41. The van der Waals surface area contributed by atoms with Crippen LogP contribution in [0.1, 0.15) is 18.4 Å². The normalized spacial score (nSPS) is 15.6. The Hall–Kier alpha value is -2.91. The lowest BCUT2D eigenvalue weighted by Crippen LogP contribution is -2.37. The zero-order valence-electron chi connectivity index (χ0n) is 13.1. The summed E-state index contributed by atoms with van der Waals surface area (Å²) in [6.07, 6.45) is 2.88. The zero-order chi connectivity index (χ0) is 16.5. The van der Waals surface area contributed by atoms with E-state index in [4.69, 9.17) is 4.98 Å². The van der Waals surface area contributed by atoms with Gasteiger partial charge in [-0.2, -0.15) is 5.26 Å². The topological polar surface area (TPSA) is 78.0 Å². The summed E-state index contributed by atoms with van der Waals surface area (Å²) in [5.41, 5.74) is 2.31. The first-order chi connectivity index (χ1) is 11.8. The number of piperidine rings is 1. The maximum atomic E-state index is 9.77. The number of nitrogens with zero attached hydrogens (tertiary/aromatic N) is 5. The zero-order valence-corrected chi connectivity index (χ0v) is 13.1. The van der Waals surface area contributed by atoms with Gasteiger partial charge >= 0.3 is 0 Å². The molecule has 1 aromatic carbocycles. The van der Waals surface area contributed by atoms with Crippen molar-refractivity contribution in [2.24, 2.45) is 0 Å². The molecule has 0 spiro atoms. The van der Waals surface area contributed by atoms with Gasteiger partial charge in [0.1, 0.15) is 6.07 Å². The Morgan fingerprint density at radius 3 is 2.71 bits per heavy atom. The first-order valence-electron chi connectivity index (χ1n) is 8.04. The van der Waals surface area contributed by atoms with E-state index < -0.39 is 0 Å². The predicted molar refractivity (Wildman–Crippen MR) is 91.0 cm³/mol. The second-order valence-corrected chi connectivity index (χ2v) is 5.94. The van der Waals surface area contributed by atoms with Gasteiger partial charge in [-0.05, 0) is 37.1 Å². The number of nitriles is 1. The Bertz CT molecular complexity index is 919. The fourth-order valence-electron chi connectivity index (χ4n) is 3.16. The molecule has 0 radical (unpaired) electrons. The molecule has 1 fully saturated rings. The fraction of sp³-hybridized carbons (Fsp3) is 0.278. The molecule has 4 rings (SSSR count). The third kappa shape index (κ3) is 2.39. The summed E-state index contributed by atoms with van der Waals surface area (Å²) in [6, 6.07) is 13.6. The molecule has 6 nitrogen and oxygen atoms in total. The second-order valence-electron chi connectivity index (χ2n) is 5.94. The minimum absolute atomic E-state index is 0.247. The van der Waals surface area contributed by atoms with Gasteiger partial charge in [-0.15, -0.1) is 0 Å². The predicted octanol–water partition coefficient (Wildman–Crippen LogP) is 2.25. The molecule has 0 amide bonds. The number of fused-ring (bicyclic) bond motifs is 1. The molecule has 1 aliphatic heterocycles. The molecule has 0 aliphatic carbocycles. The summed E-state index contributed by atoms with van der Waals surface area (Å²) in [5, 5.41) is 19.2. The van der Waals surface area contributed by atoms with Crippen LogP contribution in [-0.2, 0) is 0 Å². The summed E-state index contributed by atoms with van der Waals surface area (Å²) in [6.45, 7) is 1.47. The number of aliphatic hydroxyl groups excluding tert-OH is 1. The largest absolute Gasteiger partial charge is 0.393 e. The van der Waals surface area contributed by atoms with Gasteiger partial charge < -0.3 is 10.0 Å². The number of hydrogen-bond donors (Lipinski definition) is 1. The Morgan fingerprint density at radius 1 is 1.12 bits per heavy atom. The molecule has 0 bridgehead atoms. The number of imidazole rings is 1. The summed E-state index contributed by atoms with van der Waals surface area (Å²) in [5.74, 6) is 1.37. The number of hydrogen-bond acceptors (Lipinski definition) is 5. The van der Waals surface area contributed by atoms with E-state index in [2.05, 4.69) is 16.0 Å². The monoisotopic (exact) mass is 319 g/mol. The quantitative estimate of drug-likeness (QED) is 0.784. The SMILES string of the molecule is N#Cc1cccnc1-n1c(N2CCC(O)CC2)nc2ccccc21. The van der Waals surface area contributed by atoms with E-state index in [1.165, 1.54) is 0 Å². The number of pyridine rings is 1. The van der Waals surface area contributed by atoms with Crippen LogP contribution in [-0.4, -0.2) is 38.8 Å². The highest BCUT2D eigenvalue weighted by Gasteiger charge is 2.24. The van der Waals surface area contributed by atoms with Crippen LogP contribution in [0.5, 0.6) is 0 Å². The molecule has 1 N–H and O–H groups in total. The van der Waals surface area contributed by atoms with Crippen LogP contribution < -0.4 is 4.90 Å². The van der Waals surface area contributed by atoms with Gasteiger partial charge in [-0.1, -0.05) is 12.1 Å². The number of para-hydroxylation sites is 2. The van der Waals surface area contributed by atoms with Crippen molar-refractivity contribution in [2.45, 2.75) is 18.9 Å². The van der Waals surface area contributed by atoms with Crippen molar-refractivity contribution in [2.75, 3.05) is 18.0 Å². The molecular formula is C18H17N5O. The number of anilines is 1. The first-order valence-corrected chi connectivity index (χ1v) is 8.04. The van der Waals surface area contributed by atoms with E-state index in [0.717, 1.165) is 42.9 Å². The van der Waals surface area contributed by atoms with Gasteiger partial charge in [0.25, 0.3) is 0 Å².